The molecule has 0 saturated heterocycles. The van der Waals surface area contributed by atoms with E-state index in [1.54, 1.807) is 30.1 Å². The van der Waals surface area contributed by atoms with Gasteiger partial charge in [0.2, 0.25) is 5.91 Å². The van der Waals surface area contributed by atoms with E-state index in [0.717, 1.165) is 26.7 Å². The second kappa shape index (κ2) is 19.2. The highest BCUT2D eigenvalue weighted by atomic mass is 32.1. The fraction of sp³-hybridized carbons (Fsp3) is 0.432. The number of ether oxygens (including phenoxy) is 1. The number of benzene rings is 2. The van der Waals surface area contributed by atoms with Crippen molar-refractivity contribution in [1.29, 1.82) is 0 Å². The van der Waals surface area contributed by atoms with E-state index in [1.807, 2.05) is 79.9 Å². The molecular formula is C37H48N6O5S2. The Balaban J connectivity index is 1.46. The standard InChI is InChI=1S/C37H48N6O5S2/c1-24(2)33(42-36(46)43(5)20-29-22-49-35(40-29)25(3)4)34(45)39-28(16-26-12-8-6-9-13-26)18-32(44)31(17-27-14-10-7-11-15-27)41-37(47)48-21-30-19-38-23-50-30/h6-15,19,22-25,28,31-33,44H,16-18,20-21H2,1-5H3,(H,39,45)(H,41,47)(H,42,46)/t28-,31?,32-,33-/m0/s1. The highest BCUT2D eigenvalue weighted by Crippen LogP contribution is 2.20. The first kappa shape index (κ1) is 38.5. The molecule has 4 N–H and O–H groups in total. The first-order valence-corrected chi connectivity index (χ1v) is 18.6. The van der Waals surface area contributed by atoms with Gasteiger partial charge in [0.1, 0.15) is 12.6 Å². The van der Waals surface area contributed by atoms with Crippen LogP contribution in [0.4, 0.5) is 9.59 Å². The molecule has 4 rings (SSSR count). The zero-order valence-corrected chi connectivity index (χ0v) is 30.9. The number of thiazole rings is 2. The third kappa shape index (κ3) is 12.2. The number of nitrogens with zero attached hydrogens (tertiary/aromatic N) is 3. The number of hydrogen-bond donors (Lipinski definition) is 4. The van der Waals surface area contributed by atoms with Gasteiger partial charge in [0.05, 0.1) is 39.8 Å². The van der Waals surface area contributed by atoms with Gasteiger partial charge in [-0.05, 0) is 36.3 Å². The van der Waals surface area contributed by atoms with Crippen molar-refractivity contribution >= 4 is 40.7 Å². The van der Waals surface area contributed by atoms with Crippen molar-refractivity contribution in [3.05, 3.63) is 104 Å². The Hall–Kier alpha value is -4.33. The van der Waals surface area contributed by atoms with Crippen LogP contribution >= 0.6 is 22.7 Å². The lowest BCUT2D eigenvalue weighted by molar-refractivity contribution is -0.124. The number of amides is 4. The molecule has 0 aliphatic carbocycles. The van der Waals surface area contributed by atoms with Gasteiger partial charge >= 0.3 is 12.1 Å². The van der Waals surface area contributed by atoms with E-state index in [-0.39, 0.29) is 30.9 Å². The lowest BCUT2D eigenvalue weighted by Crippen LogP contribution is -2.55. The van der Waals surface area contributed by atoms with E-state index in [9.17, 15) is 19.5 Å². The van der Waals surface area contributed by atoms with E-state index in [1.165, 1.54) is 16.2 Å². The van der Waals surface area contributed by atoms with Gasteiger partial charge in [-0.2, -0.15) is 0 Å². The number of hydrogen-bond acceptors (Lipinski definition) is 9. The fourth-order valence-electron chi connectivity index (χ4n) is 5.39. The second-order valence-electron chi connectivity index (χ2n) is 13.0. The molecule has 0 aliphatic heterocycles. The molecule has 50 heavy (non-hydrogen) atoms. The van der Waals surface area contributed by atoms with Crippen LogP contribution in [0.3, 0.4) is 0 Å². The van der Waals surface area contributed by atoms with E-state index < -0.39 is 30.3 Å². The number of urea groups is 1. The van der Waals surface area contributed by atoms with Crippen LogP contribution in [0.2, 0.25) is 0 Å². The Bertz CT molecular complexity index is 1620. The predicted molar refractivity (Wildman–Crippen MR) is 197 cm³/mol. The summed E-state index contributed by atoms with van der Waals surface area (Å²) in [5.74, 6) is -0.277. The van der Waals surface area contributed by atoms with Crippen LogP contribution in [0.5, 0.6) is 0 Å². The molecule has 4 aromatic rings. The monoisotopic (exact) mass is 720 g/mol. The van der Waals surface area contributed by atoms with Crippen molar-refractivity contribution < 1.29 is 24.2 Å². The quantitative estimate of drug-likeness (QED) is 0.106. The number of nitrogens with one attached hydrogen (secondary N) is 3. The normalized spacial score (nSPS) is 13.7. The van der Waals surface area contributed by atoms with Crippen LogP contribution in [0.15, 0.2) is 77.8 Å². The van der Waals surface area contributed by atoms with E-state index in [2.05, 4.69) is 39.8 Å². The zero-order chi connectivity index (χ0) is 36.0. The number of alkyl carbamates (subject to hydrolysis) is 1. The molecular weight excluding hydrogens is 673 g/mol. The molecule has 11 nitrogen and oxygen atoms in total. The Labute approximate surface area is 302 Å². The molecule has 13 heteroatoms. The van der Waals surface area contributed by atoms with Crippen LogP contribution < -0.4 is 16.0 Å². The molecule has 1 unspecified atom stereocenters. The zero-order valence-electron chi connectivity index (χ0n) is 29.2. The summed E-state index contributed by atoms with van der Waals surface area (Å²) in [6, 6.07) is 16.8. The van der Waals surface area contributed by atoms with Gasteiger partial charge < -0.3 is 30.7 Å². The lowest BCUT2D eigenvalue weighted by atomic mass is 9.93. The maximum Gasteiger partial charge on any atom is 0.407 e. The SMILES string of the molecule is CC(C)c1nc(CN(C)C(=O)N[C@H](C(=O)N[C@@H](Cc2ccccc2)C[C@H](O)C(Cc2ccccc2)NC(=O)OCc2cncs2)C(C)C)cs1. The van der Waals surface area contributed by atoms with Crippen LogP contribution in [-0.2, 0) is 35.5 Å². The smallest absolute Gasteiger partial charge is 0.407 e. The molecule has 268 valence electrons. The third-order valence-electron chi connectivity index (χ3n) is 8.13. The first-order chi connectivity index (χ1) is 24.0. The molecule has 0 saturated carbocycles. The fourth-order valence-corrected chi connectivity index (χ4v) is 6.72. The van der Waals surface area contributed by atoms with Crippen molar-refractivity contribution in [3.63, 3.8) is 0 Å². The Morgan fingerprint density at radius 3 is 2.14 bits per heavy atom. The van der Waals surface area contributed by atoms with Gasteiger partial charge in [-0.1, -0.05) is 88.4 Å². The molecule has 0 bridgehead atoms. The first-order valence-electron chi connectivity index (χ1n) is 16.8. The largest absolute Gasteiger partial charge is 0.444 e. The van der Waals surface area contributed by atoms with Gasteiger partial charge in [-0.15, -0.1) is 22.7 Å². The summed E-state index contributed by atoms with van der Waals surface area (Å²) in [5, 5.41) is 23.5. The van der Waals surface area contributed by atoms with Gasteiger partial charge in [-0.25, -0.2) is 14.6 Å². The molecule has 4 atom stereocenters. The van der Waals surface area contributed by atoms with Crippen LogP contribution in [0.1, 0.15) is 66.7 Å². The van der Waals surface area contributed by atoms with Gasteiger partial charge in [0.15, 0.2) is 0 Å². The summed E-state index contributed by atoms with van der Waals surface area (Å²) in [6.45, 7) is 8.28. The predicted octanol–water partition coefficient (Wildman–Crippen LogP) is 5.91. The minimum absolute atomic E-state index is 0.0671. The summed E-state index contributed by atoms with van der Waals surface area (Å²) < 4.78 is 5.42. The molecule has 0 fully saturated rings. The Morgan fingerprint density at radius 2 is 1.56 bits per heavy atom. The molecule has 0 spiro atoms. The molecule has 2 aromatic carbocycles. The van der Waals surface area contributed by atoms with Crippen molar-refractivity contribution in [2.24, 2.45) is 5.92 Å². The molecule has 2 heterocycles. The maximum absolute atomic E-state index is 13.9. The Kier molecular flexibility index (Phi) is 14.7. The highest BCUT2D eigenvalue weighted by Gasteiger charge is 2.31. The number of aromatic nitrogens is 2. The number of rotatable bonds is 17. The summed E-state index contributed by atoms with van der Waals surface area (Å²) in [5.41, 5.74) is 4.35. The number of aliphatic hydroxyl groups excluding tert-OH is 1. The summed E-state index contributed by atoms with van der Waals surface area (Å²) in [6.07, 6.45) is 0.836. The molecule has 2 aromatic heterocycles. The van der Waals surface area contributed by atoms with Crippen LogP contribution in [0.25, 0.3) is 0 Å². The van der Waals surface area contributed by atoms with E-state index >= 15 is 0 Å². The van der Waals surface area contributed by atoms with Crippen molar-refractivity contribution in [3.8, 4) is 0 Å². The van der Waals surface area contributed by atoms with Gasteiger partial charge in [0, 0.05) is 30.6 Å². The third-order valence-corrected chi connectivity index (χ3v) is 10.1. The lowest BCUT2D eigenvalue weighted by Gasteiger charge is -2.30. The Morgan fingerprint density at radius 1 is 0.900 bits per heavy atom. The average molecular weight is 721 g/mol. The molecule has 0 radical (unpaired) electrons. The van der Waals surface area contributed by atoms with Crippen molar-refractivity contribution in [2.75, 3.05) is 7.05 Å². The van der Waals surface area contributed by atoms with Crippen molar-refractivity contribution in [1.82, 2.24) is 30.8 Å². The summed E-state index contributed by atoms with van der Waals surface area (Å²) in [4.78, 5) is 51.0. The summed E-state index contributed by atoms with van der Waals surface area (Å²) >= 11 is 2.95. The number of carbonyl (C=O) groups excluding carboxylic acids is 3. The summed E-state index contributed by atoms with van der Waals surface area (Å²) in [7, 11) is 1.68. The number of carbonyl (C=O) groups is 3. The topological polar surface area (TPSA) is 146 Å². The second-order valence-corrected chi connectivity index (χ2v) is 14.9. The van der Waals surface area contributed by atoms with E-state index in [4.69, 9.17) is 4.74 Å². The average Bonchev–Trinajstić information content (AvgIpc) is 3.79. The van der Waals surface area contributed by atoms with Crippen LogP contribution in [0, 0.1) is 5.92 Å². The van der Waals surface area contributed by atoms with Gasteiger partial charge in [-0.3, -0.25) is 9.78 Å². The minimum Gasteiger partial charge on any atom is -0.444 e. The molecule has 0 aliphatic rings. The van der Waals surface area contributed by atoms with E-state index in [0.29, 0.717) is 25.3 Å². The minimum atomic E-state index is -1.05. The maximum atomic E-state index is 13.9. The van der Waals surface area contributed by atoms with Crippen molar-refractivity contribution in [2.45, 2.75) is 90.3 Å². The number of aliphatic hydroxyl groups is 1. The van der Waals surface area contributed by atoms with Crippen LogP contribution in [-0.4, -0.2) is 69.3 Å². The highest BCUT2D eigenvalue weighted by molar-refractivity contribution is 7.09. The molecule has 4 amide bonds. The van der Waals surface area contributed by atoms with Gasteiger partial charge in [0.25, 0.3) is 0 Å².